The zero-order valence-corrected chi connectivity index (χ0v) is 13.5. The summed E-state index contributed by atoms with van der Waals surface area (Å²) in [6, 6.07) is 7.43. The second-order valence-electron chi connectivity index (χ2n) is 4.55. The first kappa shape index (κ1) is 14.6. The Balaban J connectivity index is 1.97. The fraction of sp³-hybridized carbons (Fsp3) is 0.125. The van der Waals surface area contributed by atoms with Gasteiger partial charge in [0.05, 0.1) is 6.20 Å². The first-order chi connectivity index (χ1) is 10.7. The lowest BCUT2D eigenvalue weighted by molar-refractivity contribution is 0.458. The average molecular weight is 357 g/mol. The molecular weight excluding hydrogens is 344 g/mol. The maximum Gasteiger partial charge on any atom is 0.223 e. The van der Waals surface area contributed by atoms with Crippen molar-refractivity contribution in [3.63, 3.8) is 0 Å². The first-order valence-corrected chi connectivity index (χ1v) is 7.60. The number of hydrogen-bond acceptors (Lipinski definition) is 5. The monoisotopic (exact) mass is 356 g/mol. The summed E-state index contributed by atoms with van der Waals surface area (Å²) >= 11 is 3.37. The Morgan fingerprint density at radius 1 is 1.05 bits per heavy atom. The van der Waals surface area contributed by atoms with E-state index >= 15 is 0 Å². The van der Waals surface area contributed by atoms with Gasteiger partial charge in [-0.05, 0) is 40.5 Å². The van der Waals surface area contributed by atoms with Gasteiger partial charge in [0.1, 0.15) is 5.75 Å². The first-order valence-electron chi connectivity index (χ1n) is 6.81. The van der Waals surface area contributed by atoms with Crippen LogP contribution in [0, 0.1) is 0 Å². The van der Waals surface area contributed by atoms with E-state index in [2.05, 4.69) is 35.9 Å². The lowest BCUT2D eigenvalue weighted by Crippen LogP contribution is -1.98. The summed E-state index contributed by atoms with van der Waals surface area (Å²) in [5, 5.41) is 0. The molecule has 0 spiro atoms. The molecule has 0 aliphatic rings. The van der Waals surface area contributed by atoms with Gasteiger partial charge in [-0.1, -0.05) is 6.92 Å². The van der Waals surface area contributed by atoms with E-state index in [9.17, 15) is 0 Å². The molecule has 110 valence electrons. The van der Waals surface area contributed by atoms with Crippen LogP contribution in [-0.4, -0.2) is 19.9 Å². The van der Waals surface area contributed by atoms with Gasteiger partial charge < -0.3 is 4.74 Å². The highest BCUT2D eigenvalue weighted by atomic mass is 79.9. The van der Waals surface area contributed by atoms with Crippen molar-refractivity contribution >= 4 is 15.9 Å². The summed E-state index contributed by atoms with van der Waals surface area (Å²) in [5.74, 6) is 1.74. The summed E-state index contributed by atoms with van der Waals surface area (Å²) in [7, 11) is 0. The predicted octanol–water partition coefficient (Wildman–Crippen LogP) is 4.05. The molecule has 0 amide bonds. The normalized spacial score (nSPS) is 10.5. The third-order valence-electron chi connectivity index (χ3n) is 2.96. The summed E-state index contributed by atoms with van der Waals surface area (Å²) in [6.45, 7) is 2.04. The van der Waals surface area contributed by atoms with Crippen LogP contribution in [0.25, 0.3) is 11.4 Å². The molecule has 22 heavy (non-hydrogen) atoms. The standard InChI is InChI=1S/C16H13BrN4O/c1-2-13-8-15(22-14-7-12(17)9-19-10-14)21-16(20-13)11-3-5-18-6-4-11/h3-10H,2H2,1H3. The lowest BCUT2D eigenvalue weighted by Gasteiger charge is -2.08. The molecule has 0 atom stereocenters. The van der Waals surface area contributed by atoms with Crippen LogP contribution in [-0.2, 0) is 6.42 Å². The summed E-state index contributed by atoms with van der Waals surface area (Å²) in [5.41, 5.74) is 1.82. The molecule has 0 saturated heterocycles. The number of aryl methyl sites for hydroxylation is 1. The Morgan fingerprint density at radius 3 is 2.59 bits per heavy atom. The molecule has 3 aromatic rings. The molecule has 0 aliphatic heterocycles. The van der Waals surface area contributed by atoms with Crippen molar-refractivity contribution in [1.82, 2.24) is 19.9 Å². The number of rotatable bonds is 4. The quantitative estimate of drug-likeness (QED) is 0.705. The molecule has 0 saturated carbocycles. The van der Waals surface area contributed by atoms with Crippen molar-refractivity contribution in [1.29, 1.82) is 0 Å². The van der Waals surface area contributed by atoms with Crippen LogP contribution in [0.5, 0.6) is 11.6 Å². The highest BCUT2D eigenvalue weighted by molar-refractivity contribution is 9.10. The molecule has 0 bridgehead atoms. The van der Waals surface area contributed by atoms with Gasteiger partial charge in [0.2, 0.25) is 5.88 Å². The van der Waals surface area contributed by atoms with Crippen LogP contribution in [0.4, 0.5) is 0 Å². The number of hydrogen-bond donors (Lipinski definition) is 0. The van der Waals surface area contributed by atoms with Crippen LogP contribution in [0.15, 0.2) is 53.5 Å². The molecule has 3 aromatic heterocycles. The zero-order valence-electron chi connectivity index (χ0n) is 11.9. The van der Waals surface area contributed by atoms with Gasteiger partial charge in [0, 0.05) is 40.4 Å². The molecule has 0 unspecified atom stereocenters. The highest BCUT2D eigenvalue weighted by Gasteiger charge is 2.08. The van der Waals surface area contributed by atoms with Crippen LogP contribution in [0.1, 0.15) is 12.6 Å². The van der Waals surface area contributed by atoms with Gasteiger partial charge in [-0.25, -0.2) is 4.98 Å². The van der Waals surface area contributed by atoms with Gasteiger partial charge in [-0.15, -0.1) is 0 Å². The molecule has 0 fully saturated rings. The molecule has 0 N–H and O–H groups in total. The molecule has 0 radical (unpaired) electrons. The van der Waals surface area contributed by atoms with Crippen molar-refractivity contribution in [2.24, 2.45) is 0 Å². The van der Waals surface area contributed by atoms with E-state index in [1.807, 2.05) is 31.2 Å². The number of aromatic nitrogens is 4. The fourth-order valence-corrected chi connectivity index (χ4v) is 2.25. The number of pyridine rings is 2. The molecule has 6 heteroatoms. The lowest BCUT2D eigenvalue weighted by atomic mass is 10.2. The molecule has 0 aromatic carbocycles. The Kier molecular flexibility index (Phi) is 4.39. The van der Waals surface area contributed by atoms with E-state index in [1.54, 1.807) is 24.8 Å². The highest BCUT2D eigenvalue weighted by Crippen LogP contribution is 2.24. The topological polar surface area (TPSA) is 60.8 Å². The summed E-state index contributed by atoms with van der Waals surface area (Å²) < 4.78 is 6.66. The third kappa shape index (κ3) is 3.46. The Labute approximate surface area is 136 Å². The Bertz CT molecular complexity index is 780. The van der Waals surface area contributed by atoms with Gasteiger partial charge in [-0.3, -0.25) is 9.97 Å². The number of halogens is 1. The molecule has 0 aliphatic carbocycles. The maximum atomic E-state index is 5.80. The minimum Gasteiger partial charge on any atom is -0.437 e. The Morgan fingerprint density at radius 2 is 1.86 bits per heavy atom. The van der Waals surface area contributed by atoms with Crippen LogP contribution < -0.4 is 4.74 Å². The second-order valence-corrected chi connectivity index (χ2v) is 5.47. The van der Waals surface area contributed by atoms with Crippen molar-refractivity contribution in [3.05, 3.63) is 59.2 Å². The van der Waals surface area contributed by atoms with E-state index < -0.39 is 0 Å². The SMILES string of the molecule is CCc1cc(Oc2cncc(Br)c2)nc(-c2ccncc2)n1. The zero-order chi connectivity index (χ0) is 15.4. The minimum absolute atomic E-state index is 0.499. The van der Waals surface area contributed by atoms with E-state index in [0.29, 0.717) is 17.5 Å². The van der Waals surface area contributed by atoms with Crippen molar-refractivity contribution in [2.75, 3.05) is 0 Å². The molecular formula is C16H13BrN4O. The van der Waals surface area contributed by atoms with Crippen LogP contribution in [0.2, 0.25) is 0 Å². The minimum atomic E-state index is 0.499. The summed E-state index contributed by atoms with van der Waals surface area (Å²) in [4.78, 5) is 17.1. The van der Waals surface area contributed by atoms with E-state index in [4.69, 9.17) is 4.74 Å². The molecule has 5 nitrogen and oxygen atoms in total. The van der Waals surface area contributed by atoms with Gasteiger partial charge >= 0.3 is 0 Å². The largest absolute Gasteiger partial charge is 0.437 e. The van der Waals surface area contributed by atoms with Gasteiger partial charge in [0.25, 0.3) is 0 Å². The maximum absolute atomic E-state index is 5.80. The molecule has 3 rings (SSSR count). The smallest absolute Gasteiger partial charge is 0.223 e. The number of ether oxygens (including phenoxy) is 1. The predicted molar refractivity (Wildman–Crippen MR) is 86.7 cm³/mol. The fourth-order valence-electron chi connectivity index (χ4n) is 1.90. The van der Waals surface area contributed by atoms with Gasteiger partial charge in [0.15, 0.2) is 5.82 Å². The third-order valence-corrected chi connectivity index (χ3v) is 3.39. The van der Waals surface area contributed by atoms with E-state index in [1.165, 1.54) is 0 Å². The summed E-state index contributed by atoms with van der Waals surface area (Å²) in [6.07, 6.45) is 7.58. The second kappa shape index (κ2) is 6.62. The van der Waals surface area contributed by atoms with Crippen molar-refractivity contribution < 1.29 is 4.74 Å². The van der Waals surface area contributed by atoms with Crippen molar-refractivity contribution in [2.45, 2.75) is 13.3 Å². The van der Waals surface area contributed by atoms with E-state index in [-0.39, 0.29) is 0 Å². The van der Waals surface area contributed by atoms with Crippen LogP contribution in [0.3, 0.4) is 0 Å². The average Bonchev–Trinajstić information content (AvgIpc) is 2.55. The van der Waals surface area contributed by atoms with Gasteiger partial charge in [-0.2, -0.15) is 4.98 Å². The number of nitrogens with zero attached hydrogens (tertiary/aromatic N) is 4. The molecule has 3 heterocycles. The Hall–Kier alpha value is -2.34. The van der Waals surface area contributed by atoms with E-state index in [0.717, 1.165) is 22.2 Å². The van der Waals surface area contributed by atoms with Crippen LogP contribution >= 0.6 is 15.9 Å². The van der Waals surface area contributed by atoms with Crippen molar-refractivity contribution in [3.8, 4) is 23.0 Å².